The van der Waals surface area contributed by atoms with Gasteiger partial charge in [-0.05, 0) is 54.9 Å². The van der Waals surface area contributed by atoms with Crippen molar-refractivity contribution >= 4 is 5.69 Å². The van der Waals surface area contributed by atoms with Crippen molar-refractivity contribution in [1.82, 2.24) is 0 Å². The van der Waals surface area contributed by atoms with Gasteiger partial charge in [-0.1, -0.05) is 6.92 Å². The Kier molecular flexibility index (Phi) is 2.73. The van der Waals surface area contributed by atoms with E-state index in [0.29, 0.717) is 0 Å². The minimum absolute atomic E-state index is 0.730. The number of hydrogen-bond donors (Lipinski definition) is 0. The number of nitrogens with zero attached hydrogens (tertiary/aromatic N) is 1. The molecule has 2 aliphatic heterocycles. The second-order valence-electron chi connectivity index (χ2n) is 5.21. The van der Waals surface area contributed by atoms with Gasteiger partial charge in [0.15, 0.2) is 0 Å². The van der Waals surface area contributed by atoms with Crippen LogP contribution in [0.3, 0.4) is 0 Å². The second-order valence-corrected chi connectivity index (χ2v) is 5.21. The molecular weight excluding hydrogens is 210 g/mol. The SMILES string of the molecule is CCC1CCN2CCCc3cc(OC)cc1c32. The molecule has 2 nitrogen and oxygen atoms in total. The molecule has 0 N–H and O–H groups in total. The summed E-state index contributed by atoms with van der Waals surface area (Å²) in [4.78, 5) is 2.58. The van der Waals surface area contributed by atoms with Crippen molar-refractivity contribution in [1.29, 1.82) is 0 Å². The van der Waals surface area contributed by atoms with Gasteiger partial charge in [-0.25, -0.2) is 0 Å². The third-order valence-corrected chi connectivity index (χ3v) is 4.30. The van der Waals surface area contributed by atoms with E-state index in [1.54, 1.807) is 7.11 Å². The zero-order chi connectivity index (χ0) is 11.8. The fraction of sp³-hybridized carbons (Fsp3) is 0.600. The number of anilines is 1. The van der Waals surface area contributed by atoms with Crippen LogP contribution < -0.4 is 9.64 Å². The van der Waals surface area contributed by atoms with E-state index >= 15 is 0 Å². The van der Waals surface area contributed by atoms with E-state index in [2.05, 4.69) is 24.0 Å². The van der Waals surface area contributed by atoms with Crippen LogP contribution in [0.15, 0.2) is 12.1 Å². The summed E-state index contributed by atoms with van der Waals surface area (Å²) in [5, 5.41) is 0. The van der Waals surface area contributed by atoms with Gasteiger partial charge in [-0.3, -0.25) is 0 Å². The molecule has 3 rings (SSSR count). The van der Waals surface area contributed by atoms with Crippen LogP contribution in [0.1, 0.15) is 43.2 Å². The smallest absolute Gasteiger partial charge is 0.119 e. The molecule has 0 saturated carbocycles. The van der Waals surface area contributed by atoms with Crippen LogP contribution in [-0.4, -0.2) is 20.2 Å². The monoisotopic (exact) mass is 231 g/mol. The van der Waals surface area contributed by atoms with Gasteiger partial charge in [0.2, 0.25) is 0 Å². The summed E-state index contributed by atoms with van der Waals surface area (Å²) in [7, 11) is 1.78. The minimum Gasteiger partial charge on any atom is -0.497 e. The van der Waals surface area contributed by atoms with Crippen molar-refractivity contribution in [2.45, 2.75) is 38.5 Å². The number of hydrogen-bond acceptors (Lipinski definition) is 2. The van der Waals surface area contributed by atoms with Gasteiger partial charge in [0.1, 0.15) is 5.75 Å². The standard InChI is InChI=1S/C15H21NO/c1-3-11-6-8-16-7-4-5-12-9-13(17-2)10-14(11)15(12)16/h9-11H,3-8H2,1-2H3. The van der Waals surface area contributed by atoms with E-state index < -0.39 is 0 Å². The van der Waals surface area contributed by atoms with Crippen LogP contribution in [0.4, 0.5) is 5.69 Å². The molecule has 1 unspecified atom stereocenters. The maximum atomic E-state index is 5.46. The fourth-order valence-electron chi connectivity index (χ4n) is 3.38. The molecule has 2 heteroatoms. The summed E-state index contributed by atoms with van der Waals surface area (Å²) in [5.74, 6) is 1.77. The third-order valence-electron chi connectivity index (χ3n) is 4.30. The molecule has 17 heavy (non-hydrogen) atoms. The predicted molar refractivity (Wildman–Crippen MR) is 71.2 cm³/mol. The van der Waals surface area contributed by atoms with Crippen LogP contribution in [0.5, 0.6) is 5.75 Å². The predicted octanol–water partition coefficient (Wildman–Crippen LogP) is 3.35. The quantitative estimate of drug-likeness (QED) is 0.774. The average Bonchev–Trinajstić information content (AvgIpc) is 2.39. The van der Waals surface area contributed by atoms with Crippen molar-refractivity contribution in [3.8, 4) is 5.75 Å². The third kappa shape index (κ3) is 1.70. The highest BCUT2D eigenvalue weighted by atomic mass is 16.5. The number of rotatable bonds is 2. The first-order valence-electron chi connectivity index (χ1n) is 6.79. The lowest BCUT2D eigenvalue weighted by Crippen LogP contribution is -2.35. The van der Waals surface area contributed by atoms with Crippen LogP contribution in [0.25, 0.3) is 0 Å². The first-order valence-corrected chi connectivity index (χ1v) is 6.79. The van der Waals surface area contributed by atoms with Gasteiger partial charge in [0.05, 0.1) is 7.11 Å². The Morgan fingerprint density at radius 1 is 1.35 bits per heavy atom. The zero-order valence-electron chi connectivity index (χ0n) is 10.8. The van der Waals surface area contributed by atoms with E-state index in [4.69, 9.17) is 4.74 Å². The topological polar surface area (TPSA) is 12.5 Å². The van der Waals surface area contributed by atoms with Crippen molar-refractivity contribution < 1.29 is 4.74 Å². The summed E-state index contributed by atoms with van der Waals surface area (Å²) < 4.78 is 5.46. The molecular formula is C15H21NO. The number of aryl methyl sites for hydroxylation is 1. The summed E-state index contributed by atoms with van der Waals surface area (Å²) >= 11 is 0. The zero-order valence-corrected chi connectivity index (χ0v) is 10.8. The Balaban J connectivity index is 2.15. The lowest BCUT2D eigenvalue weighted by atomic mass is 9.83. The lowest BCUT2D eigenvalue weighted by Gasteiger charge is -2.40. The normalized spacial score (nSPS) is 22.2. The number of ether oxygens (including phenoxy) is 1. The highest BCUT2D eigenvalue weighted by molar-refractivity contribution is 5.66. The Morgan fingerprint density at radius 2 is 2.24 bits per heavy atom. The molecule has 0 bridgehead atoms. The van der Waals surface area contributed by atoms with Crippen molar-refractivity contribution in [3.05, 3.63) is 23.3 Å². The van der Waals surface area contributed by atoms with Crippen molar-refractivity contribution in [2.24, 2.45) is 0 Å². The molecule has 2 heterocycles. The highest BCUT2D eigenvalue weighted by Crippen LogP contribution is 2.43. The molecule has 0 fully saturated rings. The molecule has 1 aromatic rings. The maximum absolute atomic E-state index is 5.46. The van der Waals surface area contributed by atoms with E-state index in [0.717, 1.165) is 11.7 Å². The fourth-order valence-corrected chi connectivity index (χ4v) is 3.38. The van der Waals surface area contributed by atoms with Crippen molar-refractivity contribution in [3.63, 3.8) is 0 Å². The Bertz CT molecular complexity index is 427. The first-order chi connectivity index (χ1) is 8.33. The van der Waals surface area contributed by atoms with Gasteiger partial charge in [0, 0.05) is 18.8 Å². The van der Waals surface area contributed by atoms with Crippen LogP contribution in [0.2, 0.25) is 0 Å². The van der Waals surface area contributed by atoms with Gasteiger partial charge in [-0.2, -0.15) is 0 Å². The molecule has 92 valence electrons. The average molecular weight is 231 g/mol. The molecule has 0 saturated heterocycles. The van der Waals surface area contributed by atoms with Crippen LogP contribution >= 0.6 is 0 Å². The Labute approximate surface area is 104 Å². The van der Waals surface area contributed by atoms with Crippen molar-refractivity contribution in [2.75, 3.05) is 25.1 Å². The molecule has 0 aliphatic carbocycles. The summed E-state index contributed by atoms with van der Waals surface area (Å²) in [6.07, 6.45) is 5.05. The van der Waals surface area contributed by atoms with Gasteiger partial charge in [-0.15, -0.1) is 0 Å². The lowest BCUT2D eigenvalue weighted by molar-refractivity contribution is 0.411. The van der Waals surface area contributed by atoms with Gasteiger partial charge >= 0.3 is 0 Å². The molecule has 0 aromatic heterocycles. The van der Waals surface area contributed by atoms with E-state index in [9.17, 15) is 0 Å². The summed E-state index contributed by atoms with van der Waals surface area (Å²) in [6.45, 7) is 4.78. The Morgan fingerprint density at radius 3 is 3.00 bits per heavy atom. The summed E-state index contributed by atoms with van der Waals surface area (Å²) in [6, 6.07) is 4.51. The molecule has 1 aromatic carbocycles. The number of methoxy groups -OCH3 is 1. The van der Waals surface area contributed by atoms with Gasteiger partial charge < -0.3 is 9.64 Å². The van der Waals surface area contributed by atoms with E-state index in [1.807, 2.05) is 0 Å². The molecule has 0 spiro atoms. The molecule has 0 amide bonds. The Hall–Kier alpha value is -1.18. The van der Waals surface area contributed by atoms with E-state index in [1.165, 1.54) is 55.6 Å². The van der Waals surface area contributed by atoms with E-state index in [-0.39, 0.29) is 0 Å². The number of benzene rings is 1. The largest absolute Gasteiger partial charge is 0.497 e. The second kappa shape index (κ2) is 4.25. The highest BCUT2D eigenvalue weighted by Gasteiger charge is 2.29. The molecule has 0 radical (unpaired) electrons. The maximum Gasteiger partial charge on any atom is 0.119 e. The van der Waals surface area contributed by atoms with Crippen LogP contribution in [0, 0.1) is 0 Å². The first kappa shape index (κ1) is 10.9. The summed E-state index contributed by atoms with van der Waals surface area (Å²) in [5.41, 5.74) is 4.58. The molecule has 2 aliphatic rings. The van der Waals surface area contributed by atoms with Gasteiger partial charge in [0.25, 0.3) is 0 Å². The molecule has 1 atom stereocenters. The minimum atomic E-state index is 0.730. The van der Waals surface area contributed by atoms with Crippen LogP contribution in [-0.2, 0) is 6.42 Å².